The van der Waals surface area contributed by atoms with E-state index in [4.69, 9.17) is 27.9 Å². The molecule has 0 unspecified atom stereocenters. The number of nitrogens with one attached hydrogen (secondary N) is 1. The van der Waals surface area contributed by atoms with Crippen molar-refractivity contribution >= 4 is 50.5 Å². The highest BCUT2D eigenvalue weighted by atomic mass is 79.9. The summed E-state index contributed by atoms with van der Waals surface area (Å²) in [6, 6.07) is 7.77. The Morgan fingerprint density at radius 1 is 1.24 bits per heavy atom. The van der Waals surface area contributed by atoms with E-state index in [1.165, 1.54) is 12.1 Å². The van der Waals surface area contributed by atoms with Crippen molar-refractivity contribution in [2.75, 3.05) is 12.4 Å². The molecular formula is C13H9BrCl2N2O3. The van der Waals surface area contributed by atoms with E-state index in [1.807, 2.05) is 0 Å². The van der Waals surface area contributed by atoms with E-state index in [-0.39, 0.29) is 22.2 Å². The van der Waals surface area contributed by atoms with Crippen molar-refractivity contribution in [3.05, 3.63) is 55.0 Å². The van der Waals surface area contributed by atoms with Crippen molar-refractivity contribution in [1.82, 2.24) is 0 Å². The Kier molecular flexibility index (Phi) is 4.92. The summed E-state index contributed by atoms with van der Waals surface area (Å²) in [4.78, 5) is 10.7. The fraction of sp³-hybridized carbons (Fsp3) is 0.0769. The van der Waals surface area contributed by atoms with Gasteiger partial charge in [0, 0.05) is 17.6 Å². The summed E-state index contributed by atoms with van der Waals surface area (Å²) in [7, 11) is 1.59. The van der Waals surface area contributed by atoms with Gasteiger partial charge in [0.2, 0.25) is 5.75 Å². The lowest BCUT2D eigenvalue weighted by Crippen LogP contribution is -1.99. The van der Waals surface area contributed by atoms with Gasteiger partial charge in [-0.25, -0.2) is 0 Å². The molecule has 21 heavy (non-hydrogen) atoms. The molecule has 8 heteroatoms. The largest absolute Gasteiger partial charge is 0.448 e. The summed E-state index contributed by atoms with van der Waals surface area (Å²) in [5, 5.41) is 14.6. The Labute approximate surface area is 139 Å². The third-order valence-corrected chi connectivity index (χ3v) is 4.14. The minimum Gasteiger partial charge on any atom is -0.448 e. The van der Waals surface area contributed by atoms with Crippen LogP contribution in [0.3, 0.4) is 0 Å². The molecule has 110 valence electrons. The second kappa shape index (κ2) is 6.51. The zero-order valence-corrected chi connectivity index (χ0v) is 13.8. The number of nitro groups is 1. The molecule has 0 saturated heterocycles. The first-order chi connectivity index (χ1) is 9.93. The standard InChI is InChI=1S/C13H9BrCl2N2O3/c1-17-10-3-2-4-11(13(10)18(19)20)21-12-6-8(15)7(14)5-9(12)16/h2-6,17H,1H3. The molecule has 1 N–H and O–H groups in total. The van der Waals surface area contributed by atoms with Gasteiger partial charge in [0.15, 0.2) is 0 Å². The summed E-state index contributed by atoms with van der Waals surface area (Å²) in [5.74, 6) is 0.313. The Balaban J connectivity index is 2.49. The van der Waals surface area contributed by atoms with Crippen molar-refractivity contribution in [1.29, 1.82) is 0 Å². The van der Waals surface area contributed by atoms with Crippen LogP contribution in [-0.2, 0) is 0 Å². The van der Waals surface area contributed by atoms with Crippen molar-refractivity contribution in [2.24, 2.45) is 0 Å². The summed E-state index contributed by atoms with van der Waals surface area (Å²) >= 11 is 15.3. The van der Waals surface area contributed by atoms with Crippen LogP contribution in [0.15, 0.2) is 34.8 Å². The molecule has 0 radical (unpaired) electrons. The maximum atomic E-state index is 11.2. The van der Waals surface area contributed by atoms with Gasteiger partial charge in [-0.15, -0.1) is 0 Å². The molecule has 0 saturated carbocycles. The first-order valence-corrected chi connectivity index (χ1v) is 7.26. The maximum Gasteiger partial charge on any atom is 0.334 e. The first-order valence-electron chi connectivity index (χ1n) is 5.71. The minimum atomic E-state index is -0.518. The van der Waals surface area contributed by atoms with Crippen LogP contribution in [0.4, 0.5) is 11.4 Å². The highest BCUT2D eigenvalue weighted by Gasteiger charge is 2.21. The van der Waals surface area contributed by atoms with Gasteiger partial charge in [-0.1, -0.05) is 29.3 Å². The van der Waals surface area contributed by atoms with Gasteiger partial charge in [-0.3, -0.25) is 10.1 Å². The van der Waals surface area contributed by atoms with E-state index < -0.39 is 4.92 Å². The number of halogens is 3. The molecule has 2 aromatic carbocycles. The van der Waals surface area contributed by atoms with Crippen molar-refractivity contribution in [3.8, 4) is 11.5 Å². The van der Waals surface area contributed by atoms with Gasteiger partial charge in [0.1, 0.15) is 11.4 Å². The molecule has 0 amide bonds. The molecule has 0 atom stereocenters. The number of hydrogen-bond donors (Lipinski definition) is 1. The fourth-order valence-electron chi connectivity index (χ4n) is 1.70. The van der Waals surface area contributed by atoms with Crippen LogP contribution >= 0.6 is 39.1 Å². The summed E-state index contributed by atoms with van der Waals surface area (Å²) in [5.41, 5.74) is 0.173. The molecule has 0 aliphatic rings. The van der Waals surface area contributed by atoms with E-state index in [1.54, 1.807) is 25.2 Å². The third-order valence-electron chi connectivity index (χ3n) is 2.65. The summed E-state index contributed by atoms with van der Waals surface area (Å²) < 4.78 is 6.17. The zero-order chi connectivity index (χ0) is 15.6. The predicted molar refractivity (Wildman–Crippen MR) is 86.9 cm³/mol. The number of benzene rings is 2. The van der Waals surface area contributed by atoms with Gasteiger partial charge in [-0.05, 0) is 34.1 Å². The van der Waals surface area contributed by atoms with Crippen LogP contribution in [0.25, 0.3) is 0 Å². The Morgan fingerprint density at radius 2 is 1.95 bits per heavy atom. The van der Waals surface area contributed by atoms with Gasteiger partial charge in [0.25, 0.3) is 0 Å². The van der Waals surface area contributed by atoms with Gasteiger partial charge in [0.05, 0.1) is 15.0 Å². The SMILES string of the molecule is CNc1cccc(Oc2cc(Cl)c(Br)cc2Cl)c1[N+](=O)[O-]. The lowest BCUT2D eigenvalue weighted by Gasteiger charge is -2.11. The molecule has 0 aromatic heterocycles. The summed E-state index contributed by atoms with van der Waals surface area (Å²) in [6.07, 6.45) is 0. The van der Waals surface area contributed by atoms with Gasteiger partial charge >= 0.3 is 5.69 Å². The first kappa shape index (κ1) is 15.9. The number of ether oxygens (including phenoxy) is 1. The topological polar surface area (TPSA) is 64.4 Å². The number of hydrogen-bond acceptors (Lipinski definition) is 4. The number of rotatable bonds is 4. The van der Waals surface area contributed by atoms with Crippen molar-refractivity contribution in [3.63, 3.8) is 0 Å². The van der Waals surface area contributed by atoms with Crippen LogP contribution in [-0.4, -0.2) is 12.0 Å². The molecule has 0 bridgehead atoms. The number of para-hydroxylation sites is 1. The second-order valence-electron chi connectivity index (χ2n) is 3.96. The molecule has 0 fully saturated rings. The third kappa shape index (κ3) is 3.40. The van der Waals surface area contributed by atoms with Gasteiger partial charge < -0.3 is 10.1 Å². The Hall–Kier alpha value is -1.50. The van der Waals surface area contributed by atoms with Crippen LogP contribution in [0.5, 0.6) is 11.5 Å². The second-order valence-corrected chi connectivity index (χ2v) is 5.63. The molecule has 0 spiro atoms. The average Bonchev–Trinajstić information content (AvgIpc) is 2.44. The smallest absolute Gasteiger partial charge is 0.334 e. The lowest BCUT2D eigenvalue weighted by molar-refractivity contribution is -0.384. The maximum absolute atomic E-state index is 11.2. The molecule has 5 nitrogen and oxygen atoms in total. The highest BCUT2D eigenvalue weighted by Crippen LogP contribution is 2.41. The monoisotopic (exact) mass is 390 g/mol. The zero-order valence-electron chi connectivity index (χ0n) is 10.7. The van der Waals surface area contributed by atoms with Crippen LogP contribution in [0.1, 0.15) is 0 Å². The quantitative estimate of drug-likeness (QED) is 0.424. The Bertz CT molecular complexity index is 710. The molecule has 0 heterocycles. The number of anilines is 1. The highest BCUT2D eigenvalue weighted by molar-refractivity contribution is 9.10. The molecule has 0 aliphatic carbocycles. The number of nitrogens with zero attached hydrogens (tertiary/aromatic N) is 1. The molecule has 2 rings (SSSR count). The normalized spacial score (nSPS) is 10.3. The van der Waals surface area contributed by atoms with Crippen LogP contribution in [0, 0.1) is 10.1 Å². The number of nitro benzene ring substituents is 1. The molecular weight excluding hydrogens is 383 g/mol. The fourth-order valence-corrected chi connectivity index (χ4v) is 2.53. The predicted octanol–water partition coefficient (Wildman–Crippen LogP) is 5.50. The summed E-state index contributed by atoms with van der Waals surface area (Å²) in [6.45, 7) is 0. The average molecular weight is 392 g/mol. The van der Waals surface area contributed by atoms with Crippen molar-refractivity contribution in [2.45, 2.75) is 0 Å². The van der Waals surface area contributed by atoms with Crippen LogP contribution < -0.4 is 10.1 Å². The molecule has 2 aromatic rings. The van der Waals surface area contributed by atoms with Gasteiger partial charge in [-0.2, -0.15) is 0 Å². The van der Waals surface area contributed by atoms with E-state index in [2.05, 4.69) is 21.2 Å². The van der Waals surface area contributed by atoms with E-state index >= 15 is 0 Å². The minimum absolute atomic E-state index is 0.0761. The lowest BCUT2D eigenvalue weighted by atomic mass is 10.2. The van der Waals surface area contributed by atoms with Crippen molar-refractivity contribution < 1.29 is 9.66 Å². The Morgan fingerprint density at radius 3 is 2.57 bits per heavy atom. The van der Waals surface area contributed by atoms with E-state index in [0.717, 1.165) is 0 Å². The van der Waals surface area contributed by atoms with E-state index in [9.17, 15) is 10.1 Å². The van der Waals surface area contributed by atoms with Crippen LogP contribution in [0.2, 0.25) is 10.0 Å². The molecule has 0 aliphatic heterocycles. The van der Waals surface area contributed by atoms with E-state index in [0.29, 0.717) is 15.2 Å².